The lowest BCUT2D eigenvalue weighted by molar-refractivity contribution is 0.0557. The summed E-state index contributed by atoms with van der Waals surface area (Å²) in [6.07, 6.45) is 1.30. The van der Waals surface area contributed by atoms with Crippen molar-refractivity contribution in [3.8, 4) is 6.07 Å². The average molecular weight is 316 g/mol. The lowest BCUT2D eigenvalue weighted by atomic mass is 10.1. The Bertz CT molecular complexity index is 859. The molecular formula is C15H12N2O6. The van der Waals surface area contributed by atoms with Gasteiger partial charge in [-0.3, -0.25) is 0 Å². The monoisotopic (exact) mass is 316 g/mol. The number of pyridine rings is 1. The predicted octanol–water partition coefficient (Wildman–Crippen LogP) is 1.17. The first-order valence-electron chi connectivity index (χ1n) is 6.33. The molecule has 0 aliphatic heterocycles. The fourth-order valence-corrected chi connectivity index (χ4v) is 2.21. The van der Waals surface area contributed by atoms with Crippen molar-refractivity contribution in [3.63, 3.8) is 0 Å². The number of carbonyl (C=O) groups excluding carboxylic acids is 3. The molecule has 0 aliphatic rings. The van der Waals surface area contributed by atoms with E-state index < -0.39 is 17.9 Å². The number of aromatic nitrogens is 1. The van der Waals surface area contributed by atoms with E-state index in [0.29, 0.717) is 0 Å². The third kappa shape index (κ3) is 2.48. The summed E-state index contributed by atoms with van der Waals surface area (Å²) in [5, 5.41) is 9.37. The molecule has 2 rings (SSSR count). The summed E-state index contributed by atoms with van der Waals surface area (Å²) in [4.78, 5) is 35.6. The summed E-state index contributed by atoms with van der Waals surface area (Å²) in [6, 6.07) is 4.67. The molecule has 118 valence electrons. The Morgan fingerprint density at radius 1 is 0.957 bits per heavy atom. The molecule has 0 spiro atoms. The number of rotatable bonds is 3. The van der Waals surface area contributed by atoms with Crippen LogP contribution < -0.4 is 0 Å². The largest absolute Gasteiger partial charge is 0.465 e. The molecule has 0 N–H and O–H groups in total. The van der Waals surface area contributed by atoms with Gasteiger partial charge in [0, 0.05) is 6.20 Å². The van der Waals surface area contributed by atoms with Crippen molar-refractivity contribution in [2.75, 3.05) is 21.3 Å². The topological polar surface area (TPSA) is 107 Å². The van der Waals surface area contributed by atoms with E-state index in [-0.39, 0.29) is 27.9 Å². The maximum absolute atomic E-state index is 12.0. The van der Waals surface area contributed by atoms with Crippen LogP contribution in [0.2, 0.25) is 0 Å². The van der Waals surface area contributed by atoms with E-state index in [1.807, 2.05) is 6.07 Å². The number of ether oxygens (including phenoxy) is 3. The van der Waals surface area contributed by atoms with Crippen molar-refractivity contribution >= 4 is 23.4 Å². The maximum atomic E-state index is 12.0. The summed E-state index contributed by atoms with van der Waals surface area (Å²) in [6.45, 7) is 0. The molecule has 0 bridgehead atoms. The third-order valence-corrected chi connectivity index (χ3v) is 3.24. The Morgan fingerprint density at radius 3 is 2.04 bits per heavy atom. The minimum Gasteiger partial charge on any atom is -0.465 e. The molecule has 2 heterocycles. The van der Waals surface area contributed by atoms with E-state index in [9.17, 15) is 19.6 Å². The van der Waals surface area contributed by atoms with Crippen molar-refractivity contribution in [1.29, 1.82) is 5.26 Å². The zero-order valence-corrected chi connectivity index (χ0v) is 12.6. The second kappa shape index (κ2) is 6.19. The number of nitrogens with zero attached hydrogens (tertiary/aromatic N) is 2. The first kappa shape index (κ1) is 16.0. The van der Waals surface area contributed by atoms with Crippen LogP contribution in [0.4, 0.5) is 0 Å². The van der Waals surface area contributed by atoms with Gasteiger partial charge < -0.3 is 18.6 Å². The quantitative estimate of drug-likeness (QED) is 0.618. The van der Waals surface area contributed by atoms with Crippen molar-refractivity contribution in [1.82, 2.24) is 4.40 Å². The number of carbonyl (C=O) groups is 3. The lowest BCUT2D eigenvalue weighted by Gasteiger charge is -2.02. The van der Waals surface area contributed by atoms with Crippen molar-refractivity contribution in [2.45, 2.75) is 0 Å². The normalized spacial score (nSPS) is 10.0. The standard InChI is InChI=1S/C15H12N2O6/c1-21-13(18)8-4-5-9-11(14(19)22-2)12(15(20)23-3)10(6-16)17(9)7-8/h4-5,7H,1-3H3. The van der Waals surface area contributed by atoms with Gasteiger partial charge in [-0.15, -0.1) is 0 Å². The third-order valence-electron chi connectivity index (χ3n) is 3.24. The van der Waals surface area contributed by atoms with E-state index in [1.165, 1.54) is 29.8 Å². The van der Waals surface area contributed by atoms with Gasteiger partial charge in [0.1, 0.15) is 22.9 Å². The van der Waals surface area contributed by atoms with E-state index >= 15 is 0 Å². The van der Waals surface area contributed by atoms with Gasteiger partial charge in [-0.25, -0.2) is 14.4 Å². The SMILES string of the molecule is COC(=O)c1ccc2c(C(=O)OC)c(C(=O)OC)c(C#N)n2c1. The van der Waals surface area contributed by atoms with Gasteiger partial charge in [0.05, 0.1) is 32.4 Å². The average Bonchev–Trinajstić information content (AvgIpc) is 2.92. The highest BCUT2D eigenvalue weighted by molar-refractivity contribution is 6.10. The van der Waals surface area contributed by atoms with Crippen LogP contribution in [0.25, 0.3) is 5.52 Å². The van der Waals surface area contributed by atoms with E-state index in [4.69, 9.17) is 0 Å². The summed E-state index contributed by atoms with van der Waals surface area (Å²) >= 11 is 0. The molecule has 0 aromatic carbocycles. The Balaban J connectivity index is 2.91. The zero-order chi connectivity index (χ0) is 17.1. The molecule has 0 saturated heterocycles. The summed E-state index contributed by atoms with van der Waals surface area (Å²) in [5.41, 5.74) is -0.0741. The second-order valence-electron chi connectivity index (χ2n) is 4.36. The van der Waals surface area contributed by atoms with Crippen LogP contribution >= 0.6 is 0 Å². The highest BCUT2D eigenvalue weighted by atomic mass is 16.5. The number of nitriles is 1. The number of methoxy groups -OCH3 is 3. The number of hydrogen-bond donors (Lipinski definition) is 0. The molecule has 8 nitrogen and oxygen atoms in total. The van der Waals surface area contributed by atoms with E-state index in [1.54, 1.807) is 0 Å². The predicted molar refractivity (Wildman–Crippen MR) is 76.1 cm³/mol. The van der Waals surface area contributed by atoms with E-state index in [2.05, 4.69) is 14.2 Å². The highest BCUT2D eigenvalue weighted by Crippen LogP contribution is 2.26. The Morgan fingerprint density at radius 2 is 1.52 bits per heavy atom. The minimum absolute atomic E-state index is 0.104. The van der Waals surface area contributed by atoms with Crippen LogP contribution in [0.1, 0.15) is 36.8 Å². The van der Waals surface area contributed by atoms with Gasteiger partial charge in [0.25, 0.3) is 0 Å². The minimum atomic E-state index is -0.856. The Hall–Kier alpha value is -3.34. The van der Waals surface area contributed by atoms with Crippen LogP contribution in [0.3, 0.4) is 0 Å². The van der Waals surface area contributed by atoms with Crippen LogP contribution in [-0.2, 0) is 14.2 Å². The fourth-order valence-electron chi connectivity index (χ4n) is 2.21. The van der Waals surface area contributed by atoms with Gasteiger partial charge in [-0.2, -0.15) is 5.26 Å². The highest BCUT2D eigenvalue weighted by Gasteiger charge is 2.29. The summed E-state index contributed by atoms with van der Waals surface area (Å²) < 4.78 is 15.2. The molecule has 0 unspecified atom stereocenters. The molecule has 8 heteroatoms. The Kier molecular flexibility index (Phi) is 4.32. The number of hydrogen-bond acceptors (Lipinski definition) is 7. The van der Waals surface area contributed by atoms with Gasteiger partial charge in [-0.1, -0.05) is 0 Å². The molecule has 0 radical (unpaired) electrons. The number of fused-ring (bicyclic) bond motifs is 1. The zero-order valence-electron chi connectivity index (χ0n) is 12.6. The van der Waals surface area contributed by atoms with Crippen LogP contribution in [0, 0.1) is 11.3 Å². The van der Waals surface area contributed by atoms with Gasteiger partial charge in [0.15, 0.2) is 0 Å². The molecule has 0 amide bonds. The molecular weight excluding hydrogens is 304 g/mol. The molecule has 23 heavy (non-hydrogen) atoms. The lowest BCUT2D eigenvalue weighted by Crippen LogP contribution is -2.10. The summed E-state index contributed by atoms with van der Waals surface area (Å²) in [5.74, 6) is -2.27. The molecule has 0 atom stereocenters. The first-order valence-corrected chi connectivity index (χ1v) is 6.33. The van der Waals surface area contributed by atoms with Crippen molar-refractivity contribution in [3.05, 3.63) is 40.7 Å². The Labute approximate surface area is 130 Å². The molecule has 0 fully saturated rings. The van der Waals surface area contributed by atoms with Crippen LogP contribution in [0.5, 0.6) is 0 Å². The molecule has 2 aromatic rings. The van der Waals surface area contributed by atoms with Gasteiger partial charge in [-0.05, 0) is 12.1 Å². The molecule has 2 aromatic heterocycles. The second-order valence-corrected chi connectivity index (χ2v) is 4.36. The van der Waals surface area contributed by atoms with Gasteiger partial charge in [0.2, 0.25) is 0 Å². The number of esters is 3. The van der Waals surface area contributed by atoms with Crippen molar-refractivity contribution < 1.29 is 28.6 Å². The van der Waals surface area contributed by atoms with Crippen LogP contribution in [-0.4, -0.2) is 43.6 Å². The fraction of sp³-hybridized carbons (Fsp3) is 0.200. The van der Waals surface area contributed by atoms with Gasteiger partial charge >= 0.3 is 17.9 Å². The first-order chi connectivity index (χ1) is 11.0. The molecule has 0 saturated carbocycles. The maximum Gasteiger partial charge on any atom is 0.341 e. The summed E-state index contributed by atoms with van der Waals surface area (Å²) in [7, 11) is 3.50. The van der Waals surface area contributed by atoms with Crippen LogP contribution in [0.15, 0.2) is 18.3 Å². The van der Waals surface area contributed by atoms with Crippen molar-refractivity contribution in [2.24, 2.45) is 0 Å². The van der Waals surface area contributed by atoms with E-state index in [0.717, 1.165) is 14.2 Å². The molecule has 0 aliphatic carbocycles. The smallest absolute Gasteiger partial charge is 0.341 e.